The highest BCUT2D eigenvalue weighted by Gasteiger charge is 2.42. The van der Waals surface area contributed by atoms with Crippen molar-refractivity contribution in [3.63, 3.8) is 0 Å². The van der Waals surface area contributed by atoms with Gasteiger partial charge in [0.25, 0.3) is 0 Å². The fourth-order valence-corrected chi connectivity index (χ4v) is 4.28. The number of anilines is 1. The molecule has 10 nitrogen and oxygen atoms in total. The van der Waals surface area contributed by atoms with Crippen molar-refractivity contribution in [3.05, 3.63) is 49.0 Å². The predicted molar refractivity (Wildman–Crippen MR) is 108 cm³/mol. The zero-order valence-corrected chi connectivity index (χ0v) is 16.7. The van der Waals surface area contributed by atoms with Gasteiger partial charge in [0.05, 0.1) is 17.3 Å². The van der Waals surface area contributed by atoms with Crippen molar-refractivity contribution < 1.29 is 0 Å². The third-order valence-corrected chi connectivity index (χ3v) is 5.72. The van der Waals surface area contributed by atoms with Crippen molar-refractivity contribution in [3.8, 4) is 23.0 Å². The second-order valence-corrected chi connectivity index (χ2v) is 7.65. The fraction of sp³-hybridized carbons (Fsp3) is 0.350. The Morgan fingerprint density at radius 1 is 1.10 bits per heavy atom. The first kappa shape index (κ1) is 17.2. The summed E-state index contributed by atoms with van der Waals surface area (Å²) in [7, 11) is 0. The van der Waals surface area contributed by atoms with E-state index in [1.54, 1.807) is 24.9 Å². The molecule has 1 aliphatic carbocycles. The van der Waals surface area contributed by atoms with Crippen LogP contribution in [0.5, 0.6) is 0 Å². The molecule has 5 heterocycles. The number of nitrogens with zero attached hydrogens (tertiary/aromatic N) is 10. The standard InChI is InChI=1S/C20H20N10/c1-3-15-18-27-24-11-29(18)16-12(2)25-20(26-19(16)30(15)14-4-5-14)28-7-6-23-17(28)13-8-21-10-22-9-13/h6-11,14-15H,3-5H2,1-2H3/t15-/m1/s1. The molecule has 10 heteroatoms. The van der Waals surface area contributed by atoms with Crippen molar-refractivity contribution in [2.75, 3.05) is 4.90 Å². The van der Waals surface area contributed by atoms with Gasteiger partial charge >= 0.3 is 0 Å². The number of imidazole rings is 1. The van der Waals surface area contributed by atoms with E-state index in [9.17, 15) is 0 Å². The summed E-state index contributed by atoms with van der Waals surface area (Å²) < 4.78 is 3.93. The lowest BCUT2D eigenvalue weighted by atomic mass is 10.1. The normalized spacial score (nSPS) is 17.7. The van der Waals surface area contributed by atoms with Crippen molar-refractivity contribution in [2.24, 2.45) is 0 Å². The molecule has 30 heavy (non-hydrogen) atoms. The average molecular weight is 400 g/mol. The first-order chi connectivity index (χ1) is 14.8. The minimum absolute atomic E-state index is 0.152. The smallest absolute Gasteiger partial charge is 0.237 e. The molecule has 1 aliphatic heterocycles. The summed E-state index contributed by atoms with van der Waals surface area (Å²) in [6, 6.07) is 0.630. The third-order valence-electron chi connectivity index (χ3n) is 5.72. The molecule has 1 atom stereocenters. The van der Waals surface area contributed by atoms with E-state index in [1.165, 1.54) is 19.2 Å². The van der Waals surface area contributed by atoms with Gasteiger partial charge in [0.1, 0.15) is 24.2 Å². The number of aromatic nitrogens is 9. The fourth-order valence-electron chi connectivity index (χ4n) is 4.28. The van der Waals surface area contributed by atoms with Gasteiger partial charge in [0.15, 0.2) is 11.6 Å². The summed E-state index contributed by atoms with van der Waals surface area (Å²) in [5.74, 6) is 3.18. The number of fused-ring (bicyclic) bond motifs is 3. The monoisotopic (exact) mass is 400 g/mol. The molecule has 2 aliphatic rings. The van der Waals surface area contributed by atoms with E-state index in [-0.39, 0.29) is 6.04 Å². The van der Waals surface area contributed by atoms with Gasteiger partial charge in [0.2, 0.25) is 5.95 Å². The van der Waals surface area contributed by atoms with Gasteiger partial charge in [-0.3, -0.25) is 9.13 Å². The molecular weight excluding hydrogens is 380 g/mol. The predicted octanol–water partition coefficient (Wildman–Crippen LogP) is 2.44. The van der Waals surface area contributed by atoms with Gasteiger partial charge in [-0.05, 0) is 26.2 Å². The highest BCUT2D eigenvalue weighted by molar-refractivity contribution is 5.66. The topological polar surface area (TPSA) is 103 Å². The number of hydrogen-bond donors (Lipinski definition) is 0. The number of aryl methyl sites for hydroxylation is 1. The lowest BCUT2D eigenvalue weighted by Crippen LogP contribution is -2.38. The highest BCUT2D eigenvalue weighted by Crippen LogP contribution is 2.45. The molecule has 1 fully saturated rings. The molecule has 4 aromatic heterocycles. The van der Waals surface area contributed by atoms with E-state index in [4.69, 9.17) is 9.97 Å². The Kier molecular flexibility index (Phi) is 3.67. The molecule has 4 aromatic rings. The van der Waals surface area contributed by atoms with Crippen LogP contribution in [0.15, 0.2) is 37.4 Å². The van der Waals surface area contributed by atoms with Crippen molar-refractivity contribution in [2.45, 2.75) is 45.2 Å². The summed E-state index contributed by atoms with van der Waals surface area (Å²) in [4.78, 5) is 25.0. The minimum Gasteiger partial charge on any atom is -0.341 e. The van der Waals surface area contributed by atoms with Crippen molar-refractivity contribution in [1.82, 2.24) is 44.3 Å². The van der Waals surface area contributed by atoms with Crippen LogP contribution in [-0.2, 0) is 0 Å². The summed E-state index contributed by atoms with van der Waals surface area (Å²) in [5.41, 5.74) is 2.65. The number of hydrogen-bond acceptors (Lipinski definition) is 8. The van der Waals surface area contributed by atoms with Gasteiger partial charge in [0, 0.05) is 30.8 Å². The molecule has 0 bridgehead atoms. The zero-order chi connectivity index (χ0) is 20.2. The van der Waals surface area contributed by atoms with Crippen molar-refractivity contribution in [1.29, 1.82) is 0 Å². The largest absolute Gasteiger partial charge is 0.341 e. The van der Waals surface area contributed by atoms with Gasteiger partial charge in [-0.2, -0.15) is 4.98 Å². The van der Waals surface area contributed by atoms with E-state index in [0.29, 0.717) is 17.8 Å². The van der Waals surface area contributed by atoms with Gasteiger partial charge in [-0.15, -0.1) is 10.2 Å². The Hall–Kier alpha value is -3.69. The second-order valence-electron chi connectivity index (χ2n) is 7.65. The average Bonchev–Trinajstić information content (AvgIpc) is 3.28. The maximum absolute atomic E-state index is 5.04. The zero-order valence-electron chi connectivity index (χ0n) is 16.7. The molecule has 0 amide bonds. The molecule has 0 spiro atoms. The van der Waals surface area contributed by atoms with Gasteiger partial charge in [-0.25, -0.2) is 19.9 Å². The van der Waals surface area contributed by atoms with Crippen LogP contribution in [0.1, 0.15) is 43.7 Å². The molecule has 150 valence electrons. The Balaban J connectivity index is 1.56. The third kappa shape index (κ3) is 2.46. The Labute approximate surface area is 172 Å². The summed E-state index contributed by atoms with van der Waals surface area (Å²) in [6.07, 6.45) is 13.6. The first-order valence-electron chi connectivity index (χ1n) is 10.1. The van der Waals surface area contributed by atoms with E-state index >= 15 is 0 Å². The molecule has 6 rings (SSSR count). The van der Waals surface area contributed by atoms with Crippen LogP contribution >= 0.6 is 0 Å². The highest BCUT2D eigenvalue weighted by atomic mass is 15.4. The molecule has 1 saturated carbocycles. The molecule has 0 aromatic carbocycles. The van der Waals surface area contributed by atoms with E-state index in [0.717, 1.165) is 35.0 Å². The van der Waals surface area contributed by atoms with E-state index in [2.05, 4.69) is 37.0 Å². The van der Waals surface area contributed by atoms with Crippen LogP contribution in [0.25, 0.3) is 23.0 Å². The Bertz CT molecular complexity index is 1220. The quantitative estimate of drug-likeness (QED) is 0.515. The van der Waals surface area contributed by atoms with Crippen LogP contribution in [0.4, 0.5) is 5.82 Å². The SMILES string of the molecule is CC[C@@H]1c2nncn2-c2c(C)nc(-n3ccnc3-c3cncnc3)nc2N1C1CC1. The van der Waals surface area contributed by atoms with Gasteiger partial charge in [-0.1, -0.05) is 6.92 Å². The molecule has 0 saturated heterocycles. The lowest BCUT2D eigenvalue weighted by molar-refractivity contribution is 0.530. The van der Waals surface area contributed by atoms with Crippen LogP contribution in [0.2, 0.25) is 0 Å². The molecule has 0 N–H and O–H groups in total. The lowest BCUT2D eigenvalue weighted by Gasteiger charge is -2.37. The van der Waals surface area contributed by atoms with Crippen LogP contribution < -0.4 is 4.90 Å². The number of rotatable bonds is 4. The minimum atomic E-state index is 0.152. The maximum atomic E-state index is 5.04. The summed E-state index contributed by atoms with van der Waals surface area (Å²) >= 11 is 0. The molecule has 0 radical (unpaired) electrons. The van der Waals surface area contributed by atoms with Crippen LogP contribution in [0.3, 0.4) is 0 Å². The molecule has 0 unspecified atom stereocenters. The Morgan fingerprint density at radius 3 is 2.70 bits per heavy atom. The van der Waals surface area contributed by atoms with Crippen molar-refractivity contribution >= 4 is 5.82 Å². The Morgan fingerprint density at radius 2 is 1.93 bits per heavy atom. The van der Waals surface area contributed by atoms with Crippen LogP contribution in [-0.4, -0.2) is 50.3 Å². The first-order valence-corrected chi connectivity index (χ1v) is 10.1. The second kappa shape index (κ2) is 6.41. The summed E-state index contributed by atoms with van der Waals surface area (Å²) in [5, 5.41) is 8.61. The van der Waals surface area contributed by atoms with E-state index in [1.807, 2.05) is 22.3 Å². The molecular formula is C20H20N10. The summed E-state index contributed by atoms with van der Waals surface area (Å²) in [6.45, 7) is 4.19. The van der Waals surface area contributed by atoms with Crippen LogP contribution in [0, 0.1) is 6.92 Å². The van der Waals surface area contributed by atoms with Gasteiger partial charge < -0.3 is 4.90 Å². The van der Waals surface area contributed by atoms with E-state index < -0.39 is 0 Å². The maximum Gasteiger partial charge on any atom is 0.237 e.